The molecule has 28 heavy (non-hydrogen) atoms. The second-order valence-electron chi connectivity index (χ2n) is 6.63. The first-order valence-electron chi connectivity index (χ1n) is 8.56. The lowest BCUT2D eigenvalue weighted by Gasteiger charge is -2.13. The lowest BCUT2D eigenvalue weighted by molar-refractivity contribution is -0.118. The Kier molecular flexibility index (Phi) is 7.09. The molecule has 2 rings (SSSR count). The van der Waals surface area contributed by atoms with Gasteiger partial charge < -0.3 is 10.1 Å². The highest BCUT2D eigenvalue weighted by atomic mass is 32.2. The Morgan fingerprint density at radius 1 is 1.14 bits per heavy atom. The molecule has 0 fully saturated rings. The van der Waals surface area contributed by atoms with E-state index in [9.17, 15) is 22.0 Å². The summed E-state index contributed by atoms with van der Waals surface area (Å²) >= 11 is 0. The van der Waals surface area contributed by atoms with Crippen molar-refractivity contribution in [3.05, 3.63) is 53.6 Å². The maximum absolute atomic E-state index is 13.5. The Hall–Kier alpha value is -2.52. The minimum Gasteiger partial charge on any atom is -0.483 e. The lowest BCUT2D eigenvalue weighted by atomic mass is 10.2. The van der Waals surface area contributed by atoms with Crippen LogP contribution in [0, 0.1) is 24.5 Å². The van der Waals surface area contributed by atoms with E-state index in [-0.39, 0.29) is 16.5 Å². The van der Waals surface area contributed by atoms with Crippen LogP contribution in [0.25, 0.3) is 0 Å². The third-order valence-corrected chi connectivity index (χ3v) is 5.12. The van der Waals surface area contributed by atoms with Crippen LogP contribution in [0.4, 0.5) is 14.5 Å². The molecule has 2 N–H and O–H groups in total. The fourth-order valence-electron chi connectivity index (χ4n) is 2.23. The minimum absolute atomic E-state index is 0.0934. The van der Waals surface area contributed by atoms with Gasteiger partial charge >= 0.3 is 0 Å². The number of aryl methyl sites for hydroxylation is 1. The Morgan fingerprint density at radius 2 is 1.86 bits per heavy atom. The van der Waals surface area contributed by atoms with Gasteiger partial charge in [-0.05, 0) is 48.7 Å². The number of nitrogens with one attached hydrogen (secondary N) is 2. The number of amides is 1. The normalized spacial score (nSPS) is 11.5. The van der Waals surface area contributed by atoms with E-state index in [4.69, 9.17) is 4.74 Å². The molecule has 0 atom stereocenters. The van der Waals surface area contributed by atoms with Crippen molar-refractivity contribution in [1.29, 1.82) is 0 Å². The number of carbonyl (C=O) groups is 1. The molecule has 0 aliphatic heterocycles. The van der Waals surface area contributed by atoms with Crippen LogP contribution in [0.2, 0.25) is 0 Å². The summed E-state index contributed by atoms with van der Waals surface area (Å²) in [5, 5.41) is 2.28. The molecule has 0 bridgehead atoms. The average molecular weight is 412 g/mol. The summed E-state index contributed by atoms with van der Waals surface area (Å²) in [7, 11) is -3.63. The molecule has 2 aromatic rings. The lowest BCUT2D eigenvalue weighted by Crippen LogP contribution is -2.27. The molecule has 0 aromatic heterocycles. The predicted molar refractivity (Wildman–Crippen MR) is 102 cm³/mol. The van der Waals surface area contributed by atoms with Crippen LogP contribution in [-0.4, -0.2) is 27.5 Å². The molecule has 152 valence electrons. The van der Waals surface area contributed by atoms with Crippen molar-refractivity contribution >= 4 is 21.6 Å². The van der Waals surface area contributed by atoms with Gasteiger partial charge in [-0.3, -0.25) is 4.79 Å². The largest absolute Gasteiger partial charge is 0.483 e. The number of anilines is 1. The Morgan fingerprint density at radius 3 is 2.46 bits per heavy atom. The van der Waals surface area contributed by atoms with Crippen molar-refractivity contribution in [2.24, 2.45) is 5.92 Å². The van der Waals surface area contributed by atoms with Gasteiger partial charge in [0.2, 0.25) is 10.0 Å². The summed E-state index contributed by atoms with van der Waals surface area (Å²) in [5.74, 6) is -1.80. The summed E-state index contributed by atoms with van der Waals surface area (Å²) in [6.45, 7) is 5.34. The quantitative estimate of drug-likeness (QED) is 0.697. The Balaban J connectivity index is 2.00. The van der Waals surface area contributed by atoms with Crippen LogP contribution < -0.4 is 14.8 Å². The van der Waals surface area contributed by atoms with Crippen molar-refractivity contribution in [3.63, 3.8) is 0 Å². The summed E-state index contributed by atoms with van der Waals surface area (Å²) < 4.78 is 58.8. The van der Waals surface area contributed by atoms with Crippen LogP contribution in [0.1, 0.15) is 19.4 Å². The van der Waals surface area contributed by atoms with Crippen LogP contribution in [-0.2, 0) is 14.8 Å². The van der Waals surface area contributed by atoms with Crippen LogP contribution in [0.3, 0.4) is 0 Å². The zero-order valence-corrected chi connectivity index (χ0v) is 16.6. The number of sulfonamides is 1. The van der Waals surface area contributed by atoms with E-state index in [0.717, 1.165) is 12.1 Å². The number of halogens is 2. The van der Waals surface area contributed by atoms with E-state index in [0.29, 0.717) is 23.9 Å². The molecule has 6 nitrogen and oxygen atoms in total. The smallest absolute Gasteiger partial charge is 0.262 e. The number of rotatable bonds is 8. The molecule has 1 amide bonds. The molecular weight excluding hydrogens is 390 g/mol. The third-order valence-electron chi connectivity index (χ3n) is 3.70. The molecule has 0 unspecified atom stereocenters. The van der Waals surface area contributed by atoms with E-state index in [1.54, 1.807) is 6.92 Å². The monoisotopic (exact) mass is 412 g/mol. The van der Waals surface area contributed by atoms with Gasteiger partial charge in [-0.15, -0.1) is 0 Å². The van der Waals surface area contributed by atoms with Gasteiger partial charge in [-0.25, -0.2) is 21.9 Å². The Bertz CT molecular complexity index is 962. The van der Waals surface area contributed by atoms with Gasteiger partial charge in [-0.1, -0.05) is 13.8 Å². The van der Waals surface area contributed by atoms with Crippen molar-refractivity contribution in [2.75, 3.05) is 18.5 Å². The van der Waals surface area contributed by atoms with E-state index >= 15 is 0 Å². The number of ether oxygens (including phenoxy) is 1. The number of hydrogen-bond acceptors (Lipinski definition) is 4. The fourth-order valence-corrected chi connectivity index (χ4v) is 3.53. The summed E-state index contributed by atoms with van der Waals surface area (Å²) in [5.41, 5.74) is 0.359. The zero-order valence-electron chi connectivity index (χ0n) is 15.8. The first-order chi connectivity index (χ1) is 13.1. The molecule has 0 radical (unpaired) electrons. The van der Waals surface area contributed by atoms with E-state index in [1.165, 1.54) is 18.2 Å². The van der Waals surface area contributed by atoms with Gasteiger partial charge in [0.25, 0.3) is 5.91 Å². The van der Waals surface area contributed by atoms with Crippen molar-refractivity contribution in [3.8, 4) is 5.75 Å². The maximum atomic E-state index is 13.5. The van der Waals surface area contributed by atoms with Crippen molar-refractivity contribution in [2.45, 2.75) is 25.7 Å². The summed E-state index contributed by atoms with van der Waals surface area (Å²) in [6, 6.07) is 7.06. The molecule has 0 heterocycles. The minimum atomic E-state index is -3.63. The van der Waals surface area contributed by atoms with Gasteiger partial charge in [0.1, 0.15) is 17.4 Å². The molecule has 0 spiro atoms. The Labute approximate surface area is 163 Å². The van der Waals surface area contributed by atoms with Crippen LogP contribution in [0.15, 0.2) is 41.3 Å². The van der Waals surface area contributed by atoms with Gasteiger partial charge in [0, 0.05) is 12.6 Å². The second-order valence-corrected chi connectivity index (χ2v) is 8.40. The number of benzene rings is 2. The highest BCUT2D eigenvalue weighted by Gasteiger charge is 2.16. The maximum Gasteiger partial charge on any atom is 0.262 e. The van der Waals surface area contributed by atoms with E-state index in [1.807, 2.05) is 13.8 Å². The SMILES string of the molecule is Cc1cc(S(=O)(=O)NCC(C)C)ccc1OCC(=O)Nc1ccc(F)cc1F. The van der Waals surface area contributed by atoms with Crippen molar-refractivity contribution < 1.29 is 26.7 Å². The zero-order chi connectivity index (χ0) is 20.9. The average Bonchev–Trinajstić information content (AvgIpc) is 2.61. The fraction of sp³-hybridized carbons (Fsp3) is 0.316. The molecule has 9 heteroatoms. The molecule has 0 saturated carbocycles. The second kappa shape index (κ2) is 9.11. The van der Waals surface area contributed by atoms with Gasteiger partial charge in [0.15, 0.2) is 6.61 Å². The summed E-state index contributed by atoms with van der Waals surface area (Å²) in [4.78, 5) is 12.0. The molecular formula is C19H22F2N2O4S. The molecule has 0 aliphatic carbocycles. The highest BCUT2D eigenvalue weighted by molar-refractivity contribution is 7.89. The molecule has 2 aromatic carbocycles. The van der Waals surface area contributed by atoms with E-state index in [2.05, 4.69) is 10.0 Å². The van der Waals surface area contributed by atoms with Gasteiger partial charge in [-0.2, -0.15) is 0 Å². The van der Waals surface area contributed by atoms with Crippen LogP contribution in [0.5, 0.6) is 5.75 Å². The molecule has 0 saturated heterocycles. The standard InChI is InChI=1S/C19H22F2N2O4S/c1-12(2)10-22-28(25,26)15-5-7-18(13(3)8-15)27-11-19(24)23-17-6-4-14(20)9-16(17)21/h4-9,12,22H,10-11H2,1-3H3,(H,23,24). The van der Waals surface area contributed by atoms with Crippen LogP contribution >= 0.6 is 0 Å². The predicted octanol–water partition coefficient (Wildman–Crippen LogP) is 3.23. The number of carbonyl (C=O) groups excluding carboxylic acids is 1. The summed E-state index contributed by atoms with van der Waals surface area (Å²) in [6.07, 6.45) is 0. The van der Waals surface area contributed by atoms with Gasteiger partial charge in [0.05, 0.1) is 10.6 Å². The highest BCUT2D eigenvalue weighted by Crippen LogP contribution is 2.22. The van der Waals surface area contributed by atoms with E-state index < -0.39 is 34.2 Å². The van der Waals surface area contributed by atoms with Crippen molar-refractivity contribution in [1.82, 2.24) is 4.72 Å². The first kappa shape index (κ1) is 21.8. The first-order valence-corrected chi connectivity index (χ1v) is 10.0. The third kappa shape index (κ3) is 6.00. The number of hydrogen-bond donors (Lipinski definition) is 2. The topological polar surface area (TPSA) is 84.5 Å². The molecule has 0 aliphatic rings.